The van der Waals surface area contributed by atoms with E-state index >= 15 is 0 Å². The van der Waals surface area contributed by atoms with Crippen LogP contribution in [-0.4, -0.2) is 29.0 Å². The molecule has 0 aromatic carbocycles. The number of aromatic nitrogens is 2. The molecule has 1 unspecified atom stereocenters. The highest BCUT2D eigenvalue weighted by molar-refractivity contribution is 6.29. The molecule has 0 saturated heterocycles. The van der Waals surface area contributed by atoms with E-state index in [9.17, 15) is 4.79 Å². The molecule has 104 valence electrons. The van der Waals surface area contributed by atoms with Gasteiger partial charge in [0.2, 0.25) is 5.91 Å². The minimum absolute atomic E-state index is 0.0577. The maximum absolute atomic E-state index is 11.8. The zero-order valence-electron chi connectivity index (χ0n) is 11.4. The summed E-state index contributed by atoms with van der Waals surface area (Å²) >= 11 is 6.01. The van der Waals surface area contributed by atoms with Gasteiger partial charge in [-0.1, -0.05) is 25.4 Å². The van der Waals surface area contributed by atoms with Crippen LogP contribution < -0.4 is 10.6 Å². The normalized spacial score (nSPS) is 16.3. The van der Waals surface area contributed by atoms with Crippen LogP contribution in [0.2, 0.25) is 5.15 Å². The van der Waals surface area contributed by atoms with Crippen molar-refractivity contribution >= 4 is 23.3 Å². The second-order valence-corrected chi connectivity index (χ2v) is 5.58. The Morgan fingerprint density at radius 3 is 2.63 bits per heavy atom. The molecule has 5 nitrogen and oxygen atoms in total. The smallest absolute Gasteiger partial charge is 0.242 e. The van der Waals surface area contributed by atoms with Crippen molar-refractivity contribution in [3.63, 3.8) is 0 Å². The largest absolute Gasteiger partial charge is 0.358 e. The molecule has 0 aliphatic heterocycles. The zero-order chi connectivity index (χ0) is 14.0. The fourth-order valence-electron chi connectivity index (χ4n) is 1.88. The molecule has 0 bridgehead atoms. The van der Waals surface area contributed by atoms with Gasteiger partial charge in [-0.05, 0) is 18.8 Å². The summed E-state index contributed by atoms with van der Waals surface area (Å²) in [7, 11) is 1.63. The van der Waals surface area contributed by atoms with Gasteiger partial charge in [-0.2, -0.15) is 0 Å². The van der Waals surface area contributed by atoms with E-state index in [0.717, 1.165) is 18.7 Å². The molecule has 2 N–H and O–H groups in total. The number of anilines is 1. The van der Waals surface area contributed by atoms with Crippen molar-refractivity contribution in [2.45, 2.75) is 38.6 Å². The van der Waals surface area contributed by atoms with Gasteiger partial charge in [0, 0.05) is 19.0 Å². The lowest BCUT2D eigenvalue weighted by atomic mass is 10.0. The number of hydrogen-bond donors (Lipinski definition) is 2. The van der Waals surface area contributed by atoms with Gasteiger partial charge in [0.05, 0.1) is 0 Å². The van der Waals surface area contributed by atoms with Crippen molar-refractivity contribution in [1.82, 2.24) is 15.3 Å². The number of halogens is 1. The van der Waals surface area contributed by atoms with Crippen molar-refractivity contribution in [2.75, 3.05) is 12.4 Å². The molecule has 2 rings (SSSR count). The lowest BCUT2D eigenvalue weighted by Gasteiger charge is -2.21. The van der Waals surface area contributed by atoms with Crippen LogP contribution in [0.3, 0.4) is 0 Å². The second kappa shape index (κ2) is 5.74. The number of carbonyl (C=O) groups excluding carboxylic acids is 1. The minimum Gasteiger partial charge on any atom is -0.358 e. The van der Waals surface area contributed by atoms with Gasteiger partial charge in [-0.3, -0.25) is 4.79 Å². The highest BCUT2D eigenvalue weighted by atomic mass is 35.5. The van der Waals surface area contributed by atoms with Crippen LogP contribution in [0.5, 0.6) is 0 Å². The van der Waals surface area contributed by atoms with Crippen molar-refractivity contribution in [3.8, 4) is 0 Å². The molecule has 1 aromatic heterocycles. The fraction of sp³-hybridized carbons (Fsp3) is 0.615. The van der Waals surface area contributed by atoms with Crippen molar-refractivity contribution in [2.24, 2.45) is 5.92 Å². The maximum atomic E-state index is 11.8. The van der Waals surface area contributed by atoms with Gasteiger partial charge in [-0.25, -0.2) is 9.97 Å². The summed E-state index contributed by atoms with van der Waals surface area (Å²) in [6.45, 7) is 3.97. The molecule has 0 spiro atoms. The van der Waals surface area contributed by atoms with E-state index in [1.807, 2.05) is 13.8 Å². The number of likely N-dealkylation sites (N-methyl/N-ethyl adjacent to an activating group) is 1. The van der Waals surface area contributed by atoms with Crippen LogP contribution in [0, 0.1) is 5.92 Å². The topological polar surface area (TPSA) is 66.9 Å². The van der Waals surface area contributed by atoms with E-state index in [4.69, 9.17) is 11.6 Å². The molecular weight excluding hydrogens is 264 g/mol. The maximum Gasteiger partial charge on any atom is 0.242 e. The monoisotopic (exact) mass is 282 g/mol. The highest BCUT2D eigenvalue weighted by Gasteiger charge is 2.28. The van der Waals surface area contributed by atoms with Gasteiger partial charge in [0.15, 0.2) is 0 Å². The molecule has 6 heteroatoms. The third-order valence-corrected chi connectivity index (χ3v) is 3.35. The molecule has 1 saturated carbocycles. The molecule has 1 aliphatic rings. The summed E-state index contributed by atoms with van der Waals surface area (Å²) in [5.74, 6) is 1.91. The quantitative estimate of drug-likeness (QED) is 0.813. The average Bonchev–Trinajstić information content (AvgIpc) is 3.18. The van der Waals surface area contributed by atoms with Crippen LogP contribution >= 0.6 is 11.6 Å². The van der Waals surface area contributed by atoms with Crippen molar-refractivity contribution in [3.05, 3.63) is 17.0 Å². The first-order valence-electron chi connectivity index (χ1n) is 6.54. The number of hydrogen-bond acceptors (Lipinski definition) is 4. The van der Waals surface area contributed by atoms with Crippen LogP contribution in [0.4, 0.5) is 5.82 Å². The molecule has 0 radical (unpaired) electrons. The first-order chi connectivity index (χ1) is 9.01. The lowest BCUT2D eigenvalue weighted by molar-refractivity contribution is -0.122. The third kappa shape index (κ3) is 3.56. The minimum atomic E-state index is -0.331. The lowest BCUT2D eigenvalue weighted by Crippen LogP contribution is -2.41. The molecule has 1 aliphatic carbocycles. The summed E-state index contributed by atoms with van der Waals surface area (Å²) in [5.41, 5.74) is 0. The first-order valence-corrected chi connectivity index (χ1v) is 6.91. The summed E-state index contributed by atoms with van der Waals surface area (Å²) in [4.78, 5) is 20.5. The van der Waals surface area contributed by atoms with Crippen LogP contribution in [0.25, 0.3) is 0 Å². The number of carbonyl (C=O) groups is 1. The predicted molar refractivity (Wildman–Crippen MR) is 75.3 cm³/mol. The van der Waals surface area contributed by atoms with Gasteiger partial charge in [0.25, 0.3) is 0 Å². The van der Waals surface area contributed by atoms with E-state index in [2.05, 4.69) is 20.6 Å². The standard InChI is InChI=1S/C13H19ClN4O/c1-7(2)11(13(19)15-3)17-10-6-9(14)16-12(18-10)8-4-5-8/h6-8,11H,4-5H2,1-3H3,(H,15,19)(H,16,17,18). The molecule has 19 heavy (non-hydrogen) atoms. The second-order valence-electron chi connectivity index (χ2n) is 5.19. The number of nitrogens with zero attached hydrogens (tertiary/aromatic N) is 2. The van der Waals surface area contributed by atoms with Crippen LogP contribution in [0.15, 0.2) is 6.07 Å². The van der Waals surface area contributed by atoms with E-state index < -0.39 is 0 Å². The Morgan fingerprint density at radius 1 is 1.42 bits per heavy atom. The number of rotatable bonds is 5. The van der Waals surface area contributed by atoms with E-state index in [0.29, 0.717) is 16.9 Å². The number of nitrogens with one attached hydrogen (secondary N) is 2. The summed E-state index contributed by atoms with van der Waals surface area (Å²) < 4.78 is 0. The Kier molecular flexibility index (Phi) is 4.24. The van der Waals surface area contributed by atoms with Crippen molar-refractivity contribution in [1.29, 1.82) is 0 Å². The fourth-order valence-corrected chi connectivity index (χ4v) is 2.07. The van der Waals surface area contributed by atoms with E-state index in [1.165, 1.54) is 0 Å². The number of amides is 1. The van der Waals surface area contributed by atoms with Gasteiger partial charge in [-0.15, -0.1) is 0 Å². The Balaban J connectivity index is 2.18. The molecule has 1 atom stereocenters. The molecule has 1 amide bonds. The van der Waals surface area contributed by atoms with E-state index in [1.54, 1.807) is 13.1 Å². The van der Waals surface area contributed by atoms with Crippen molar-refractivity contribution < 1.29 is 4.79 Å². The Labute approximate surface area is 118 Å². The SMILES string of the molecule is CNC(=O)C(Nc1cc(Cl)nc(C2CC2)n1)C(C)C. The van der Waals surface area contributed by atoms with Gasteiger partial charge >= 0.3 is 0 Å². The summed E-state index contributed by atoms with van der Waals surface area (Å²) in [6, 6.07) is 1.33. The van der Waals surface area contributed by atoms with Crippen LogP contribution in [-0.2, 0) is 4.79 Å². The molecule has 1 heterocycles. The molecule has 1 fully saturated rings. The van der Waals surface area contributed by atoms with E-state index in [-0.39, 0.29) is 17.9 Å². The summed E-state index contributed by atoms with van der Waals surface area (Å²) in [5, 5.41) is 6.21. The third-order valence-electron chi connectivity index (χ3n) is 3.15. The highest BCUT2D eigenvalue weighted by Crippen LogP contribution is 2.38. The van der Waals surface area contributed by atoms with Gasteiger partial charge < -0.3 is 10.6 Å². The Hall–Kier alpha value is -1.36. The zero-order valence-corrected chi connectivity index (χ0v) is 12.2. The van der Waals surface area contributed by atoms with Gasteiger partial charge in [0.1, 0.15) is 22.8 Å². The van der Waals surface area contributed by atoms with Crippen LogP contribution in [0.1, 0.15) is 38.4 Å². The first kappa shape index (κ1) is 14.1. The molecular formula is C13H19ClN4O. The Bertz CT molecular complexity index is 474. The average molecular weight is 283 g/mol. The molecule has 1 aromatic rings. The Morgan fingerprint density at radius 2 is 2.11 bits per heavy atom. The predicted octanol–water partition coefficient (Wildman–Crippen LogP) is 2.19. The summed E-state index contributed by atoms with van der Waals surface area (Å²) in [6.07, 6.45) is 2.23.